The summed E-state index contributed by atoms with van der Waals surface area (Å²) in [5, 5.41) is 2.61. The third-order valence-electron chi connectivity index (χ3n) is 3.03. The van der Waals surface area contributed by atoms with Crippen LogP contribution in [0.1, 0.15) is 28.9 Å². The summed E-state index contributed by atoms with van der Waals surface area (Å²) < 4.78 is 27.9. The van der Waals surface area contributed by atoms with E-state index in [1.54, 1.807) is 6.92 Å². The van der Waals surface area contributed by atoms with Crippen molar-refractivity contribution in [2.75, 3.05) is 5.73 Å². The first-order chi connectivity index (χ1) is 9.88. The van der Waals surface area contributed by atoms with Gasteiger partial charge in [-0.25, -0.2) is 8.78 Å². The van der Waals surface area contributed by atoms with Gasteiger partial charge in [0, 0.05) is 4.47 Å². The van der Waals surface area contributed by atoms with Crippen LogP contribution in [0.3, 0.4) is 0 Å². The minimum atomic E-state index is -0.920. The predicted molar refractivity (Wildman–Crippen MR) is 80.8 cm³/mol. The Balaban J connectivity index is 2.20. The van der Waals surface area contributed by atoms with Crippen molar-refractivity contribution >= 4 is 27.5 Å². The van der Waals surface area contributed by atoms with Crippen molar-refractivity contribution in [1.29, 1.82) is 0 Å². The Morgan fingerprint density at radius 1 is 1.24 bits per heavy atom. The smallest absolute Gasteiger partial charge is 0.254 e. The number of carbonyl (C=O) groups excluding carboxylic acids is 1. The van der Waals surface area contributed by atoms with Gasteiger partial charge in [-0.2, -0.15) is 0 Å². The summed E-state index contributed by atoms with van der Waals surface area (Å²) in [6, 6.07) is 8.63. The molecule has 0 fully saturated rings. The first-order valence-electron chi connectivity index (χ1n) is 6.19. The van der Waals surface area contributed by atoms with Gasteiger partial charge in [0.05, 0.1) is 17.3 Å². The van der Waals surface area contributed by atoms with Crippen LogP contribution in [0.2, 0.25) is 0 Å². The molecule has 0 saturated heterocycles. The Kier molecular flexibility index (Phi) is 4.57. The average Bonchev–Trinajstić information content (AvgIpc) is 2.43. The molecule has 6 heteroatoms. The maximum atomic E-state index is 13.8. The van der Waals surface area contributed by atoms with Crippen molar-refractivity contribution in [3.8, 4) is 0 Å². The molecule has 3 N–H and O–H groups in total. The lowest BCUT2D eigenvalue weighted by atomic mass is 10.1. The third kappa shape index (κ3) is 3.58. The molecule has 110 valence electrons. The molecule has 1 unspecified atom stereocenters. The SMILES string of the molecule is CC(NC(=O)c1cc(F)cc(N)c1F)c1ccc(Br)cc1. The number of carbonyl (C=O) groups is 1. The number of anilines is 1. The molecule has 0 aromatic heterocycles. The first kappa shape index (κ1) is 15.4. The molecule has 0 radical (unpaired) electrons. The zero-order chi connectivity index (χ0) is 15.6. The summed E-state index contributed by atoms with van der Waals surface area (Å²) in [5.74, 6) is -2.39. The van der Waals surface area contributed by atoms with Crippen LogP contribution < -0.4 is 11.1 Å². The highest BCUT2D eigenvalue weighted by Gasteiger charge is 2.18. The summed E-state index contributed by atoms with van der Waals surface area (Å²) in [6.45, 7) is 1.75. The van der Waals surface area contributed by atoms with Crippen molar-refractivity contribution in [3.05, 3.63) is 63.6 Å². The normalized spacial score (nSPS) is 12.0. The second-order valence-electron chi connectivity index (χ2n) is 4.60. The molecule has 0 aliphatic rings. The van der Waals surface area contributed by atoms with E-state index < -0.39 is 28.8 Å². The standard InChI is InChI=1S/C15H13BrF2N2O/c1-8(9-2-4-10(16)5-3-9)20-15(21)12-6-11(17)7-13(19)14(12)18/h2-8H,19H2,1H3,(H,20,21). The Bertz CT molecular complexity index is 674. The van der Waals surface area contributed by atoms with E-state index in [1.807, 2.05) is 24.3 Å². The van der Waals surface area contributed by atoms with Gasteiger partial charge in [-0.05, 0) is 36.8 Å². The van der Waals surface area contributed by atoms with E-state index in [-0.39, 0.29) is 6.04 Å². The Morgan fingerprint density at radius 3 is 2.48 bits per heavy atom. The number of hydrogen-bond donors (Lipinski definition) is 2. The van der Waals surface area contributed by atoms with Gasteiger partial charge in [0.2, 0.25) is 0 Å². The number of nitrogens with one attached hydrogen (secondary N) is 1. The van der Waals surface area contributed by atoms with Gasteiger partial charge < -0.3 is 11.1 Å². The number of rotatable bonds is 3. The molecule has 2 rings (SSSR count). The molecule has 1 amide bonds. The van der Waals surface area contributed by atoms with Gasteiger partial charge in [-0.3, -0.25) is 4.79 Å². The van der Waals surface area contributed by atoms with E-state index in [1.165, 1.54) is 0 Å². The molecule has 2 aromatic carbocycles. The molecular formula is C15H13BrF2N2O. The van der Waals surface area contributed by atoms with Crippen LogP contribution >= 0.6 is 15.9 Å². The van der Waals surface area contributed by atoms with Gasteiger partial charge in [-0.15, -0.1) is 0 Å². The minimum absolute atomic E-state index is 0.352. The minimum Gasteiger partial charge on any atom is -0.396 e. The summed E-state index contributed by atoms with van der Waals surface area (Å²) in [4.78, 5) is 12.0. The van der Waals surface area contributed by atoms with E-state index in [2.05, 4.69) is 21.2 Å². The van der Waals surface area contributed by atoms with Crippen molar-refractivity contribution in [1.82, 2.24) is 5.32 Å². The van der Waals surface area contributed by atoms with Gasteiger partial charge >= 0.3 is 0 Å². The molecule has 3 nitrogen and oxygen atoms in total. The Morgan fingerprint density at radius 2 is 1.86 bits per heavy atom. The highest BCUT2D eigenvalue weighted by molar-refractivity contribution is 9.10. The second-order valence-corrected chi connectivity index (χ2v) is 5.52. The number of halogens is 3. The number of amides is 1. The van der Waals surface area contributed by atoms with Crippen LogP contribution in [-0.2, 0) is 0 Å². The monoisotopic (exact) mass is 354 g/mol. The van der Waals surface area contributed by atoms with E-state index in [0.29, 0.717) is 0 Å². The zero-order valence-corrected chi connectivity index (χ0v) is 12.7. The maximum Gasteiger partial charge on any atom is 0.254 e. The number of nitrogens with two attached hydrogens (primary N) is 1. The fourth-order valence-corrected chi connectivity index (χ4v) is 2.15. The molecule has 0 aliphatic heterocycles. The largest absolute Gasteiger partial charge is 0.396 e. The molecule has 0 aliphatic carbocycles. The molecule has 2 aromatic rings. The number of nitrogen functional groups attached to an aromatic ring is 1. The topological polar surface area (TPSA) is 55.1 Å². The molecule has 0 spiro atoms. The van der Waals surface area contributed by atoms with Crippen molar-refractivity contribution in [2.45, 2.75) is 13.0 Å². The first-order valence-corrected chi connectivity index (χ1v) is 6.98. The fourth-order valence-electron chi connectivity index (χ4n) is 1.88. The second kappa shape index (κ2) is 6.22. The molecule has 1 atom stereocenters. The molecule has 21 heavy (non-hydrogen) atoms. The van der Waals surface area contributed by atoms with Crippen LogP contribution in [-0.4, -0.2) is 5.91 Å². The predicted octanol–water partition coefficient (Wildman–Crippen LogP) is 3.80. The Hall–Kier alpha value is -1.95. The average molecular weight is 355 g/mol. The van der Waals surface area contributed by atoms with Crippen LogP contribution in [0.15, 0.2) is 40.9 Å². The third-order valence-corrected chi connectivity index (χ3v) is 3.56. The van der Waals surface area contributed by atoms with Crippen molar-refractivity contribution in [3.63, 3.8) is 0 Å². The van der Waals surface area contributed by atoms with Crippen LogP contribution in [0, 0.1) is 11.6 Å². The quantitative estimate of drug-likeness (QED) is 0.823. The van der Waals surface area contributed by atoms with E-state index >= 15 is 0 Å². The zero-order valence-electron chi connectivity index (χ0n) is 11.2. The van der Waals surface area contributed by atoms with Crippen LogP contribution in [0.5, 0.6) is 0 Å². The lowest BCUT2D eigenvalue weighted by molar-refractivity contribution is 0.0935. The fraction of sp³-hybridized carbons (Fsp3) is 0.133. The summed E-state index contributed by atoms with van der Waals surface area (Å²) in [7, 11) is 0. The highest BCUT2D eigenvalue weighted by Crippen LogP contribution is 2.20. The maximum absolute atomic E-state index is 13.8. The lowest BCUT2D eigenvalue weighted by Crippen LogP contribution is -2.27. The summed E-state index contributed by atoms with van der Waals surface area (Å²) >= 11 is 3.32. The Labute approximate surface area is 129 Å². The summed E-state index contributed by atoms with van der Waals surface area (Å²) in [5.41, 5.74) is 5.36. The van der Waals surface area contributed by atoms with Gasteiger partial charge in [-0.1, -0.05) is 28.1 Å². The molecule has 0 saturated carbocycles. The number of hydrogen-bond acceptors (Lipinski definition) is 2. The number of benzene rings is 2. The molecule has 0 bridgehead atoms. The van der Waals surface area contributed by atoms with E-state index in [0.717, 1.165) is 22.2 Å². The van der Waals surface area contributed by atoms with Crippen molar-refractivity contribution in [2.24, 2.45) is 0 Å². The van der Waals surface area contributed by atoms with Gasteiger partial charge in [0.1, 0.15) is 5.82 Å². The van der Waals surface area contributed by atoms with Crippen molar-refractivity contribution < 1.29 is 13.6 Å². The summed E-state index contributed by atoms with van der Waals surface area (Å²) in [6.07, 6.45) is 0. The molecular weight excluding hydrogens is 342 g/mol. The van der Waals surface area contributed by atoms with E-state index in [9.17, 15) is 13.6 Å². The molecule has 0 heterocycles. The lowest BCUT2D eigenvalue weighted by Gasteiger charge is -2.15. The van der Waals surface area contributed by atoms with E-state index in [4.69, 9.17) is 5.73 Å². The van der Waals surface area contributed by atoms with Gasteiger partial charge in [0.25, 0.3) is 5.91 Å². The van der Waals surface area contributed by atoms with Gasteiger partial charge in [0.15, 0.2) is 5.82 Å². The highest BCUT2D eigenvalue weighted by atomic mass is 79.9. The van der Waals surface area contributed by atoms with Crippen LogP contribution in [0.4, 0.5) is 14.5 Å². The van der Waals surface area contributed by atoms with Crippen LogP contribution in [0.25, 0.3) is 0 Å².